The summed E-state index contributed by atoms with van der Waals surface area (Å²) in [6.45, 7) is 7.65. The molecule has 134 valence electrons. The van der Waals surface area contributed by atoms with Crippen LogP contribution < -0.4 is 10.6 Å². The number of carbonyl (C=O) groups excluding carboxylic acids is 1. The predicted octanol–water partition coefficient (Wildman–Crippen LogP) is 2.35. The van der Waals surface area contributed by atoms with Crippen LogP contribution in [0.5, 0.6) is 0 Å². The van der Waals surface area contributed by atoms with Crippen LogP contribution in [0.2, 0.25) is 0 Å². The molecular formula is C17H29N5O2. The molecule has 1 aliphatic rings. The predicted molar refractivity (Wildman–Crippen MR) is 94.1 cm³/mol. The van der Waals surface area contributed by atoms with Gasteiger partial charge < -0.3 is 20.3 Å². The lowest BCUT2D eigenvalue weighted by Gasteiger charge is -2.34. The molecule has 0 spiro atoms. The van der Waals surface area contributed by atoms with Crippen LogP contribution in [0.3, 0.4) is 0 Å². The number of hydrogen-bond donors (Lipinski definition) is 2. The van der Waals surface area contributed by atoms with Crippen LogP contribution in [0.15, 0.2) is 6.07 Å². The Labute approximate surface area is 144 Å². The summed E-state index contributed by atoms with van der Waals surface area (Å²) in [5, 5.41) is 6.17. The molecule has 1 aromatic heterocycles. The van der Waals surface area contributed by atoms with Gasteiger partial charge in [-0.05, 0) is 40.7 Å². The molecule has 0 aromatic carbocycles. The van der Waals surface area contributed by atoms with Crippen molar-refractivity contribution in [3.63, 3.8) is 0 Å². The standard InChI is InChI=1S/C17H29N5O2/c1-17(2,3)24-16(23)22-8-6-7-12(11-22)13-9-14(19-5)21-15(20-13)10-18-4/h9,12,18H,6-8,10-11H2,1-5H3,(H,19,20,21). The summed E-state index contributed by atoms with van der Waals surface area (Å²) in [4.78, 5) is 23.2. The zero-order valence-corrected chi connectivity index (χ0v) is 15.3. The average molecular weight is 335 g/mol. The molecule has 7 nitrogen and oxygen atoms in total. The first kappa shape index (κ1) is 18.4. The van der Waals surface area contributed by atoms with Gasteiger partial charge in [0.25, 0.3) is 0 Å². The van der Waals surface area contributed by atoms with Crippen LogP contribution in [0.1, 0.15) is 51.0 Å². The molecule has 1 saturated heterocycles. The Hall–Kier alpha value is -1.89. The number of likely N-dealkylation sites (tertiary alicyclic amines) is 1. The van der Waals surface area contributed by atoms with Gasteiger partial charge in [0.05, 0.1) is 12.2 Å². The first-order valence-electron chi connectivity index (χ1n) is 8.50. The molecule has 0 saturated carbocycles. The molecule has 1 atom stereocenters. The summed E-state index contributed by atoms with van der Waals surface area (Å²) in [7, 11) is 3.73. The summed E-state index contributed by atoms with van der Waals surface area (Å²) < 4.78 is 5.50. The summed E-state index contributed by atoms with van der Waals surface area (Å²) in [6, 6.07) is 1.97. The maximum atomic E-state index is 12.3. The number of anilines is 1. The van der Waals surface area contributed by atoms with Crippen molar-refractivity contribution in [1.82, 2.24) is 20.2 Å². The fraction of sp³-hybridized carbons (Fsp3) is 0.706. The molecule has 1 fully saturated rings. The Kier molecular flexibility index (Phi) is 5.99. The number of amides is 1. The van der Waals surface area contributed by atoms with E-state index in [4.69, 9.17) is 4.74 Å². The summed E-state index contributed by atoms with van der Waals surface area (Å²) in [6.07, 6.45) is 1.72. The van der Waals surface area contributed by atoms with Gasteiger partial charge in [-0.25, -0.2) is 14.8 Å². The molecule has 1 aliphatic heterocycles. The highest BCUT2D eigenvalue weighted by Crippen LogP contribution is 2.28. The fourth-order valence-electron chi connectivity index (χ4n) is 2.80. The highest BCUT2D eigenvalue weighted by Gasteiger charge is 2.29. The second kappa shape index (κ2) is 7.79. The minimum Gasteiger partial charge on any atom is -0.444 e. The molecule has 0 radical (unpaired) electrons. The number of ether oxygens (including phenoxy) is 1. The number of carbonyl (C=O) groups is 1. The van der Waals surface area contributed by atoms with Crippen molar-refractivity contribution in [3.8, 4) is 0 Å². The van der Waals surface area contributed by atoms with Gasteiger partial charge in [-0.3, -0.25) is 0 Å². The maximum absolute atomic E-state index is 12.3. The minimum atomic E-state index is -0.474. The first-order valence-corrected chi connectivity index (χ1v) is 8.50. The number of piperidine rings is 1. The van der Waals surface area contributed by atoms with Crippen molar-refractivity contribution >= 4 is 11.9 Å². The van der Waals surface area contributed by atoms with E-state index in [0.29, 0.717) is 13.1 Å². The zero-order chi connectivity index (χ0) is 17.7. The van der Waals surface area contributed by atoms with Crippen molar-refractivity contribution in [2.75, 3.05) is 32.5 Å². The van der Waals surface area contributed by atoms with E-state index in [1.54, 1.807) is 4.90 Å². The highest BCUT2D eigenvalue weighted by atomic mass is 16.6. The van der Waals surface area contributed by atoms with E-state index in [1.807, 2.05) is 40.9 Å². The van der Waals surface area contributed by atoms with Crippen LogP contribution in [-0.2, 0) is 11.3 Å². The second-order valence-corrected chi connectivity index (χ2v) is 7.14. The van der Waals surface area contributed by atoms with Gasteiger partial charge in [0.15, 0.2) is 0 Å². The van der Waals surface area contributed by atoms with Gasteiger partial charge >= 0.3 is 6.09 Å². The summed E-state index contributed by atoms with van der Waals surface area (Å²) in [5.74, 6) is 1.77. The largest absolute Gasteiger partial charge is 0.444 e. The van der Waals surface area contributed by atoms with E-state index < -0.39 is 5.60 Å². The van der Waals surface area contributed by atoms with Gasteiger partial charge in [-0.2, -0.15) is 0 Å². The fourth-order valence-corrected chi connectivity index (χ4v) is 2.80. The Morgan fingerprint density at radius 1 is 1.38 bits per heavy atom. The van der Waals surface area contributed by atoms with Crippen LogP contribution in [0.25, 0.3) is 0 Å². The number of nitrogens with zero attached hydrogens (tertiary/aromatic N) is 3. The molecule has 1 amide bonds. The third-order valence-corrected chi connectivity index (χ3v) is 3.87. The molecule has 2 N–H and O–H groups in total. The van der Waals surface area contributed by atoms with E-state index in [-0.39, 0.29) is 12.0 Å². The lowest BCUT2D eigenvalue weighted by molar-refractivity contribution is 0.0197. The first-order chi connectivity index (χ1) is 11.3. The van der Waals surface area contributed by atoms with E-state index >= 15 is 0 Å². The van der Waals surface area contributed by atoms with E-state index in [2.05, 4.69) is 20.6 Å². The number of hydrogen-bond acceptors (Lipinski definition) is 6. The quantitative estimate of drug-likeness (QED) is 0.879. The molecular weight excluding hydrogens is 306 g/mol. The zero-order valence-electron chi connectivity index (χ0n) is 15.3. The Balaban J connectivity index is 2.14. The second-order valence-electron chi connectivity index (χ2n) is 7.14. The molecule has 7 heteroatoms. The number of rotatable bonds is 4. The molecule has 24 heavy (non-hydrogen) atoms. The molecule has 2 rings (SSSR count). The summed E-state index contributed by atoms with van der Waals surface area (Å²) in [5.41, 5.74) is 0.505. The maximum Gasteiger partial charge on any atom is 0.410 e. The van der Waals surface area contributed by atoms with E-state index in [9.17, 15) is 4.79 Å². The molecule has 2 heterocycles. The van der Waals surface area contributed by atoms with Crippen molar-refractivity contribution in [2.45, 2.75) is 51.7 Å². The Bertz CT molecular complexity index is 571. The Morgan fingerprint density at radius 2 is 2.12 bits per heavy atom. The van der Waals surface area contributed by atoms with Crippen molar-refractivity contribution in [2.24, 2.45) is 0 Å². The van der Waals surface area contributed by atoms with Gasteiger partial charge in [-0.1, -0.05) is 0 Å². The molecule has 0 bridgehead atoms. The van der Waals surface area contributed by atoms with Gasteiger partial charge in [0.1, 0.15) is 17.2 Å². The van der Waals surface area contributed by atoms with Crippen molar-refractivity contribution < 1.29 is 9.53 Å². The van der Waals surface area contributed by atoms with Crippen LogP contribution in [0, 0.1) is 0 Å². The number of aromatic nitrogens is 2. The van der Waals surface area contributed by atoms with Crippen LogP contribution in [0.4, 0.5) is 10.6 Å². The smallest absolute Gasteiger partial charge is 0.410 e. The molecule has 1 unspecified atom stereocenters. The third-order valence-electron chi connectivity index (χ3n) is 3.87. The van der Waals surface area contributed by atoms with Gasteiger partial charge in [-0.15, -0.1) is 0 Å². The molecule has 1 aromatic rings. The third kappa shape index (κ3) is 5.06. The average Bonchev–Trinajstić information content (AvgIpc) is 2.53. The van der Waals surface area contributed by atoms with Gasteiger partial charge in [0, 0.05) is 32.1 Å². The summed E-state index contributed by atoms with van der Waals surface area (Å²) >= 11 is 0. The normalized spacial score (nSPS) is 18.4. The van der Waals surface area contributed by atoms with Gasteiger partial charge in [0.2, 0.25) is 0 Å². The lowest BCUT2D eigenvalue weighted by Crippen LogP contribution is -2.42. The van der Waals surface area contributed by atoms with Crippen molar-refractivity contribution in [3.05, 3.63) is 17.6 Å². The SMILES string of the molecule is CNCc1nc(NC)cc(C2CCCN(C(=O)OC(C)(C)C)C2)n1. The highest BCUT2D eigenvalue weighted by molar-refractivity contribution is 5.68. The Morgan fingerprint density at radius 3 is 2.75 bits per heavy atom. The topological polar surface area (TPSA) is 79.4 Å². The van der Waals surface area contributed by atoms with Crippen LogP contribution in [-0.4, -0.2) is 53.7 Å². The lowest BCUT2D eigenvalue weighted by atomic mass is 9.94. The monoisotopic (exact) mass is 335 g/mol. The molecule has 0 aliphatic carbocycles. The van der Waals surface area contributed by atoms with E-state index in [0.717, 1.165) is 36.7 Å². The minimum absolute atomic E-state index is 0.206. The number of nitrogens with one attached hydrogen (secondary N) is 2. The van der Waals surface area contributed by atoms with Crippen molar-refractivity contribution in [1.29, 1.82) is 0 Å². The van der Waals surface area contributed by atoms with E-state index in [1.165, 1.54) is 0 Å². The van der Waals surface area contributed by atoms with Crippen LogP contribution >= 0.6 is 0 Å².